The molecule has 1 N–H and O–H groups in total. The number of carbonyl (C=O) groups excluding carboxylic acids is 1. The first-order valence-corrected chi connectivity index (χ1v) is 13.2. The van der Waals surface area contributed by atoms with Gasteiger partial charge in [-0.3, -0.25) is 9.10 Å². The number of amides is 1. The number of nitrogens with zero attached hydrogens (tertiary/aromatic N) is 2. The van der Waals surface area contributed by atoms with Gasteiger partial charge in [0.05, 0.1) is 26.9 Å². The van der Waals surface area contributed by atoms with Gasteiger partial charge in [-0.2, -0.15) is 18.3 Å². The fourth-order valence-electron chi connectivity index (χ4n) is 3.11. The Hall–Kier alpha value is -2.64. The van der Waals surface area contributed by atoms with Crippen molar-refractivity contribution in [3.05, 3.63) is 92.0 Å². The van der Waals surface area contributed by atoms with Crippen LogP contribution >= 0.6 is 34.2 Å². The Balaban J connectivity index is 1.97. The van der Waals surface area contributed by atoms with Crippen LogP contribution in [0.5, 0.6) is 0 Å². The van der Waals surface area contributed by atoms with E-state index in [1.54, 1.807) is 38.1 Å². The highest BCUT2D eigenvalue weighted by atomic mass is 127. The minimum atomic E-state index is -4.83. The molecule has 0 spiro atoms. The third-order valence-corrected chi connectivity index (χ3v) is 7.89. The molecule has 0 fully saturated rings. The second kappa shape index (κ2) is 11.2. The van der Waals surface area contributed by atoms with Crippen molar-refractivity contribution in [3.63, 3.8) is 0 Å². The quantitative estimate of drug-likeness (QED) is 0.194. The normalized spacial score (nSPS) is 12.4. The first kappa shape index (κ1) is 27.9. The first-order chi connectivity index (χ1) is 16.8. The summed E-state index contributed by atoms with van der Waals surface area (Å²) in [5.41, 5.74) is 2.65. The van der Waals surface area contributed by atoms with E-state index in [4.69, 9.17) is 11.6 Å². The summed E-state index contributed by atoms with van der Waals surface area (Å²) in [4.78, 5) is 12.5. The number of hydrogen-bond donors (Lipinski definition) is 1. The van der Waals surface area contributed by atoms with E-state index >= 15 is 0 Å². The Morgan fingerprint density at radius 3 is 2.25 bits per heavy atom. The maximum atomic E-state index is 13.5. The summed E-state index contributed by atoms with van der Waals surface area (Å²) in [5.74, 6) is -0.848. The van der Waals surface area contributed by atoms with Crippen LogP contribution in [0.2, 0.25) is 5.02 Å². The van der Waals surface area contributed by atoms with Gasteiger partial charge in [0.1, 0.15) is 6.54 Å². The van der Waals surface area contributed by atoms with Gasteiger partial charge in [0.25, 0.3) is 15.9 Å². The zero-order chi connectivity index (χ0) is 26.7. The Labute approximate surface area is 225 Å². The van der Waals surface area contributed by atoms with E-state index in [0.717, 1.165) is 26.8 Å². The Morgan fingerprint density at radius 1 is 1.06 bits per heavy atom. The molecule has 0 unspecified atom stereocenters. The van der Waals surface area contributed by atoms with Gasteiger partial charge in [0.2, 0.25) is 0 Å². The number of benzene rings is 3. The summed E-state index contributed by atoms with van der Waals surface area (Å²) >= 11 is 7.85. The summed E-state index contributed by atoms with van der Waals surface area (Å²) in [5, 5.41) is 3.40. The molecule has 0 atom stereocenters. The topological polar surface area (TPSA) is 78.8 Å². The van der Waals surface area contributed by atoms with E-state index in [1.807, 2.05) is 12.1 Å². The van der Waals surface area contributed by atoms with Crippen LogP contribution < -0.4 is 9.73 Å². The molecule has 1 amide bonds. The lowest BCUT2D eigenvalue weighted by molar-refractivity contribution is -0.137. The molecular weight excluding hydrogens is 630 g/mol. The monoisotopic (exact) mass is 649 g/mol. The molecule has 3 aromatic rings. The highest BCUT2D eigenvalue weighted by Gasteiger charge is 2.35. The predicted octanol–water partition coefficient (Wildman–Crippen LogP) is 6.01. The first-order valence-electron chi connectivity index (χ1n) is 10.3. The van der Waals surface area contributed by atoms with Gasteiger partial charge >= 0.3 is 6.18 Å². The third kappa shape index (κ3) is 6.77. The van der Waals surface area contributed by atoms with Crippen LogP contribution in [0, 0.1) is 10.5 Å². The van der Waals surface area contributed by atoms with Gasteiger partial charge in [-0.05, 0) is 84.5 Å². The van der Waals surface area contributed by atoms with Crippen LogP contribution in [0.3, 0.4) is 0 Å². The Morgan fingerprint density at radius 2 is 1.67 bits per heavy atom. The smallest absolute Gasteiger partial charge is 0.271 e. The molecule has 12 heteroatoms. The standard InChI is InChI=1S/C24H20ClF3IN3O3S/c1-15-3-10-20(11-4-15)36(34,35)32(19-9-12-22(25)21(13-19)24(26,27)28)14-23(33)31-30-16(2)17-5-7-18(29)8-6-17/h3-13H,14H2,1-2H3,(H,31,33)/b30-16-. The number of alkyl halides is 3. The third-order valence-electron chi connectivity index (χ3n) is 5.05. The van der Waals surface area contributed by atoms with Crippen LogP contribution in [0.4, 0.5) is 18.9 Å². The Kier molecular flexibility index (Phi) is 8.67. The average Bonchev–Trinajstić information content (AvgIpc) is 2.81. The molecule has 190 valence electrons. The van der Waals surface area contributed by atoms with Crippen molar-refractivity contribution in [3.8, 4) is 0 Å². The second-order valence-electron chi connectivity index (χ2n) is 7.73. The summed E-state index contributed by atoms with van der Waals surface area (Å²) in [6, 6.07) is 15.7. The maximum absolute atomic E-state index is 13.5. The number of aryl methyl sites for hydroxylation is 1. The molecule has 0 aromatic heterocycles. The van der Waals surface area contributed by atoms with Crippen molar-refractivity contribution < 1.29 is 26.4 Å². The van der Waals surface area contributed by atoms with Crippen molar-refractivity contribution in [2.45, 2.75) is 24.9 Å². The number of sulfonamides is 1. The highest BCUT2D eigenvalue weighted by Crippen LogP contribution is 2.38. The van der Waals surface area contributed by atoms with Gasteiger partial charge in [-0.1, -0.05) is 41.4 Å². The van der Waals surface area contributed by atoms with Gasteiger partial charge < -0.3 is 0 Å². The van der Waals surface area contributed by atoms with Crippen LogP contribution in [0.15, 0.2) is 76.7 Å². The second-order valence-corrected chi connectivity index (χ2v) is 11.2. The molecule has 0 radical (unpaired) electrons. The molecule has 0 aliphatic rings. The van der Waals surface area contributed by atoms with Crippen LogP contribution in [-0.2, 0) is 21.0 Å². The number of hydrogen-bond acceptors (Lipinski definition) is 4. The molecule has 36 heavy (non-hydrogen) atoms. The highest BCUT2D eigenvalue weighted by molar-refractivity contribution is 14.1. The largest absolute Gasteiger partial charge is 0.417 e. The summed E-state index contributed by atoms with van der Waals surface area (Å²) in [6.07, 6.45) is -4.83. The van der Waals surface area contributed by atoms with Crippen molar-refractivity contribution >= 4 is 61.5 Å². The summed E-state index contributed by atoms with van der Waals surface area (Å²) in [7, 11) is -4.42. The summed E-state index contributed by atoms with van der Waals surface area (Å²) in [6.45, 7) is 2.58. The van der Waals surface area contributed by atoms with Crippen LogP contribution in [0.1, 0.15) is 23.6 Å². The maximum Gasteiger partial charge on any atom is 0.417 e. The molecule has 0 aliphatic carbocycles. The predicted molar refractivity (Wildman–Crippen MR) is 142 cm³/mol. The zero-order valence-electron chi connectivity index (χ0n) is 19.0. The summed E-state index contributed by atoms with van der Waals surface area (Å²) < 4.78 is 68.8. The SMILES string of the molecule is C/C(=N/NC(=O)CN(c1ccc(Cl)c(C(F)(F)F)c1)S(=O)(=O)c1ccc(C)cc1)c1ccc(I)cc1. The molecule has 0 saturated carbocycles. The number of nitrogens with one attached hydrogen (secondary N) is 1. The van der Waals surface area contributed by atoms with Crippen LogP contribution in [-0.4, -0.2) is 26.6 Å². The molecule has 0 aliphatic heterocycles. The van der Waals surface area contributed by atoms with E-state index in [2.05, 4.69) is 33.1 Å². The lowest BCUT2D eigenvalue weighted by Gasteiger charge is -2.25. The van der Waals surface area contributed by atoms with Gasteiger partial charge in [-0.15, -0.1) is 0 Å². The molecule has 0 saturated heterocycles. The fraction of sp³-hybridized carbons (Fsp3) is 0.167. The van der Waals surface area contributed by atoms with E-state index in [9.17, 15) is 26.4 Å². The molecule has 0 bridgehead atoms. The number of anilines is 1. The van der Waals surface area contributed by atoms with Gasteiger partial charge in [0, 0.05) is 3.57 Å². The van der Waals surface area contributed by atoms with E-state index < -0.39 is 39.2 Å². The van der Waals surface area contributed by atoms with Crippen LogP contribution in [0.25, 0.3) is 0 Å². The average molecular weight is 650 g/mol. The van der Waals surface area contributed by atoms with Crippen molar-refractivity contribution in [1.29, 1.82) is 0 Å². The van der Waals surface area contributed by atoms with E-state index in [0.29, 0.717) is 16.1 Å². The van der Waals surface area contributed by atoms with Crippen molar-refractivity contribution in [2.24, 2.45) is 5.10 Å². The fourth-order valence-corrected chi connectivity index (χ4v) is 5.10. The number of rotatable bonds is 7. The Bertz CT molecular complexity index is 1390. The van der Waals surface area contributed by atoms with E-state index in [-0.39, 0.29) is 10.6 Å². The lowest BCUT2D eigenvalue weighted by Crippen LogP contribution is -2.40. The van der Waals surface area contributed by atoms with Gasteiger partial charge in [-0.25, -0.2) is 13.8 Å². The van der Waals surface area contributed by atoms with Gasteiger partial charge in [0.15, 0.2) is 0 Å². The van der Waals surface area contributed by atoms with Crippen molar-refractivity contribution in [1.82, 2.24) is 5.43 Å². The number of carbonyl (C=O) groups is 1. The molecular formula is C24H20ClF3IN3O3S. The minimum Gasteiger partial charge on any atom is -0.271 e. The molecule has 6 nitrogen and oxygen atoms in total. The minimum absolute atomic E-state index is 0.192. The number of hydrazone groups is 1. The zero-order valence-corrected chi connectivity index (χ0v) is 22.7. The number of halogens is 5. The van der Waals surface area contributed by atoms with Crippen molar-refractivity contribution in [2.75, 3.05) is 10.8 Å². The lowest BCUT2D eigenvalue weighted by atomic mass is 10.1. The van der Waals surface area contributed by atoms with E-state index in [1.165, 1.54) is 12.1 Å². The molecule has 3 rings (SSSR count). The molecule has 0 heterocycles. The molecule has 3 aromatic carbocycles.